The molecule has 0 radical (unpaired) electrons. The number of nitrogens with one attached hydrogen (secondary N) is 2. The predicted molar refractivity (Wildman–Crippen MR) is 118 cm³/mol. The summed E-state index contributed by atoms with van der Waals surface area (Å²) in [6.45, 7) is 2.13. The first-order chi connectivity index (χ1) is 13.6. The first-order valence-electron chi connectivity index (χ1n) is 9.78. The summed E-state index contributed by atoms with van der Waals surface area (Å²) in [7, 11) is 0. The topological polar surface area (TPSA) is 54.0 Å². The number of aromatic nitrogens is 1. The molecular weight excluding hydrogens is 414 g/mol. The molecular formula is C23H24BrN3O. The fraction of sp³-hybridized carbons (Fsp3) is 0.304. The first-order valence-corrected chi connectivity index (χ1v) is 10.6. The van der Waals surface area contributed by atoms with Gasteiger partial charge in [0.25, 0.3) is 5.91 Å². The molecule has 0 bridgehead atoms. The summed E-state index contributed by atoms with van der Waals surface area (Å²) in [5.41, 5.74) is 2.97. The van der Waals surface area contributed by atoms with Crippen LogP contribution in [-0.4, -0.2) is 23.0 Å². The highest BCUT2D eigenvalue weighted by molar-refractivity contribution is 9.10. The van der Waals surface area contributed by atoms with Crippen molar-refractivity contribution in [1.29, 1.82) is 0 Å². The number of hydrogen-bond acceptors (Lipinski definition) is 3. The standard InChI is InChI=1S/C23H24BrN3O/c1-15-13-22(27-21-8-3-2-7-20(15)21)25-18-9-11-19(12-10-18)26-23(28)16-5-4-6-17(24)14-16/h2-8,13-14,18-19H,9-12H2,1H3,(H,25,27)(H,26,28)/t18-,19+. The smallest absolute Gasteiger partial charge is 0.251 e. The van der Waals surface area contributed by atoms with E-state index in [4.69, 9.17) is 4.98 Å². The summed E-state index contributed by atoms with van der Waals surface area (Å²) in [6, 6.07) is 18.5. The SMILES string of the molecule is Cc1cc(N[C@H]2CC[C@@H](NC(=O)c3cccc(Br)c3)CC2)nc2ccccc12. The minimum absolute atomic E-state index is 0.00419. The van der Waals surface area contributed by atoms with Crippen molar-refractivity contribution >= 4 is 38.6 Å². The van der Waals surface area contributed by atoms with Gasteiger partial charge < -0.3 is 10.6 Å². The number of fused-ring (bicyclic) bond motifs is 1. The van der Waals surface area contributed by atoms with E-state index < -0.39 is 0 Å². The number of amides is 1. The number of benzene rings is 2. The van der Waals surface area contributed by atoms with Crippen LogP contribution in [-0.2, 0) is 0 Å². The van der Waals surface area contributed by atoms with Gasteiger partial charge in [-0.3, -0.25) is 4.79 Å². The molecule has 144 valence electrons. The fourth-order valence-corrected chi connectivity index (χ4v) is 4.31. The van der Waals surface area contributed by atoms with Gasteiger partial charge in [0.05, 0.1) is 5.52 Å². The molecule has 1 aliphatic carbocycles. The Labute approximate surface area is 173 Å². The number of rotatable bonds is 4. The molecule has 0 atom stereocenters. The third kappa shape index (κ3) is 4.36. The van der Waals surface area contributed by atoms with Crippen molar-refractivity contribution in [2.75, 3.05) is 5.32 Å². The summed E-state index contributed by atoms with van der Waals surface area (Å²) in [5, 5.41) is 7.97. The van der Waals surface area contributed by atoms with Crippen molar-refractivity contribution in [2.45, 2.75) is 44.7 Å². The molecule has 4 rings (SSSR count). The minimum Gasteiger partial charge on any atom is -0.367 e. The molecule has 1 amide bonds. The van der Waals surface area contributed by atoms with Crippen LogP contribution in [0.3, 0.4) is 0 Å². The number of para-hydroxylation sites is 1. The maximum Gasteiger partial charge on any atom is 0.251 e. The van der Waals surface area contributed by atoms with Crippen LogP contribution in [0.1, 0.15) is 41.6 Å². The van der Waals surface area contributed by atoms with Crippen molar-refractivity contribution in [3.8, 4) is 0 Å². The van der Waals surface area contributed by atoms with Crippen LogP contribution in [0.15, 0.2) is 59.1 Å². The molecule has 28 heavy (non-hydrogen) atoms. The van der Waals surface area contributed by atoms with Gasteiger partial charge in [0.2, 0.25) is 0 Å². The quantitative estimate of drug-likeness (QED) is 0.569. The van der Waals surface area contributed by atoms with Crippen LogP contribution in [0.5, 0.6) is 0 Å². The molecule has 3 aromatic rings. The Bertz CT molecular complexity index is 996. The second-order valence-electron chi connectivity index (χ2n) is 7.52. The summed E-state index contributed by atoms with van der Waals surface area (Å²) in [5.74, 6) is 0.947. The van der Waals surface area contributed by atoms with Gasteiger partial charge in [-0.05, 0) is 68.5 Å². The Kier molecular flexibility index (Phi) is 5.62. The molecule has 2 aromatic carbocycles. The van der Waals surface area contributed by atoms with Crippen molar-refractivity contribution in [1.82, 2.24) is 10.3 Å². The maximum atomic E-state index is 12.4. The molecule has 1 saturated carbocycles. The number of nitrogens with zero attached hydrogens (tertiary/aromatic N) is 1. The number of hydrogen-bond donors (Lipinski definition) is 2. The van der Waals surface area contributed by atoms with Gasteiger partial charge in [-0.25, -0.2) is 4.98 Å². The lowest BCUT2D eigenvalue weighted by molar-refractivity contribution is 0.0926. The minimum atomic E-state index is 0.00419. The third-order valence-corrected chi connectivity index (χ3v) is 5.92. The second kappa shape index (κ2) is 8.31. The van der Waals surface area contributed by atoms with E-state index in [9.17, 15) is 4.79 Å². The van der Waals surface area contributed by atoms with Gasteiger partial charge in [0.15, 0.2) is 0 Å². The highest BCUT2D eigenvalue weighted by Gasteiger charge is 2.23. The number of anilines is 1. The molecule has 0 saturated heterocycles. The van der Waals surface area contributed by atoms with Crippen LogP contribution in [0, 0.1) is 6.92 Å². The molecule has 0 aliphatic heterocycles. The second-order valence-corrected chi connectivity index (χ2v) is 8.43. The normalized spacial score (nSPS) is 19.4. The lowest BCUT2D eigenvalue weighted by Gasteiger charge is -2.30. The van der Waals surface area contributed by atoms with E-state index in [1.807, 2.05) is 36.4 Å². The molecule has 2 N–H and O–H groups in total. The Morgan fingerprint density at radius 1 is 1.00 bits per heavy atom. The van der Waals surface area contributed by atoms with E-state index in [1.165, 1.54) is 10.9 Å². The number of aryl methyl sites for hydroxylation is 1. The molecule has 1 heterocycles. The highest BCUT2D eigenvalue weighted by Crippen LogP contribution is 2.25. The number of halogens is 1. The van der Waals surface area contributed by atoms with E-state index in [-0.39, 0.29) is 11.9 Å². The molecule has 1 aliphatic rings. The highest BCUT2D eigenvalue weighted by atomic mass is 79.9. The van der Waals surface area contributed by atoms with E-state index in [1.54, 1.807) is 0 Å². The summed E-state index contributed by atoms with van der Waals surface area (Å²) >= 11 is 3.42. The molecule has 0 unspecified atom stereocenters. The van der Waals surface area contributed by atoms with Gasteiger partial charge in [0.1, 0.15) is 5.82 Å². The zero-order valence-electron chi connectivity index (χ0n) is 15.9. The molecule has 0 spiro atoms. The summed E-state index contributed by atoms with van der Waals surface area (Å²) in [4.78, 5) is 17.2. The molecule has 5 heteroatoms. The Hall–Kier alpha value is -2.40. The van der Waals surface area contributed by atoms with Crippen LogP contribution in [0.25, 0.3) is 10.9 Å². The lowest BCUT2D eigenvalue weighted by atomic mass is 9.91. The van der Waals surface area contributed by atoms with Gasteiger partial charge in [-0.1, -0.05) is 40.2 Å². The molecule has 1 aromatic heterocycles. The van der Waals surface area contributed by atoms with E-state index in [2.05, 4.69) is 51.7 Å². The number of carbonyl (C=O) groups excluding carboxylic acids is 1. The Morgan fingerprint density at radius 3 is 2.54 bits per heavy atom. The Morgan fingerprint density at radius 2 is 1.75 bits per heavy atom. The van der Waals surface area contributed by atoms with Crippen LogP contribution in [0.4, 0.5) is 5.82 Å². The molecule has 4 nitrogen and oxygen atoms in total. The zero-order chi connectivity index (χ0) is 19.5. The number of pyridine rings is 1. The summed E-state index contributed by atoms with van der Waals surface area (Å²) in [6.07, 6.45) is 4.00. The fourth-order valence-electron chi connectivity index (χ4n) is 3.91. The zero-order valence-corrected chi connectivity index (χ0v) is 17.5. The van der Waals surface area contributed by atoms with Gasteiger partial charge >= 0.3 is 0 Å². The predicted octanol–water partition coefficient (Wildman–Crippen LogP) is 5.46. The van der Waals surface area contributed by atoms with E-state index in [0.717, 1.165) is 41.5 Å². The van der Waals surface area contributed by atoms with Crippen LogP contribution >= 0.6 is 15.9 Å². The van der Waals surface area contributed by atoms with Crippen LogP contribution < -0.4 is 10.6 Å². The maximum absolute atomic E-state index is 12.4. The van der Waals surface area contributed by atoms with Crippen LogP contribution in [0.2, 0.25) is 0 Å². The average Bonchev–Trinajstić information content (AvgIpc) is 2.69. The number of carbonyl (C=O) groups is 1. The summed E-state index contributed by atoms with van der Waals surface area (Å²) < 4.78 is 0.922. The Balaban J connectivity index is 1.34. The van der Waals surface area contributed by atoms with Crippen molar-refractivity contribution in [3.63, 3.8) is 0 Å². The molecule has 1 fully saturated rings. The monoisotopic (exact) mass is 437 g/mol. The first kappa shape index (κ1) is 18.9. The van der Waals surface area contributed by atoms with Crippen molar-refractivity contribution in [2.24, 2.45) is 0 Å². The van der Waals surface area contributed by atoms with Crippen molar-refractivity contribution < 1.29 is 4.79 Å². The van der Waals surface area contributed by atoms with E-state index in [0.29, 0.717) is 11.6 Å². The average molecular weight is 438 g/mol. The van der Waals surface area contributed by atoms with Gasteiger partial charge in [0, 0.05) is 27.5 Å². The largest absolute Gasteiger partial charge is 0.367 e. The van der Waals surface area contributed by atoms with Gasteiger partial charge in [-0.2, -0.15) is 0 Å². The van der Waals surface area contributed by atoms with E-state index >= 15 is 0 Å². The van der Waals surface area contributed by atoms with Crippen molar-refractivity contribution in [3.05, 3.63) is 70.2 Å². The lowest BCUT2D eigenvalue weighted by Crippen LogP contribution is -2.40. The van der Waals surface area contributed by atoms with Gasteiger partial charge in [-0.15, -0.1) is 0 Å². The third-order valence-electron chi connectivity index (χ3n) is 5.42.